The predicted octanol–water partition coefficient (Wildman–Crippen LogP) is -5.68. The normalized spacial score (nSPS) is 12.9. The largest absolute Gasteiger partial charge is 1.00 e. The van der Waals surface area contributed by atoms with E-state index in [1.54, 1.807) is 0 Å². The zero-order valence-corrected chi connectivity index (χ0v) is 50.7. The van der Waals surface area contributed by atoms with Gasteiger partial charge >= 0.3 is 118 Å². The van der Waals surface area contributed by atoms with Crippen molar-refractivity contribution in [2.24, 2.45) is 0 Å². The zero-order valence-electron chi connectivity index (χ0n) is 41.1. The number of hydrogen-bond acceptors (Lipinski definition) is 12. The molecule has 0 bridgehead atoms. The van der Waals surface area contributed by atoms with Crippen LogP contribution in [0.4, 0.5) is 0 Å². The number of rotatable bonds is 42. The van der Waals surface area contributed by atoms with Gasteiger partial charge in [0.15, 0.2) is 0 Å². The van der Waals surface area contributed by atoms with Gasteiger partial charge in [0.05, 0.1) is 11.9 Å². The molecule has 14 nitrogen and oxygen atoms in total. The molecule has 0 aromatic rings. The maximum Gasteiger partial charge on any atom is 1.00 e. The fourth-order valence-electron chi connectivity index (χ4n) is 7.56. The van der Waals surface area contributed by atoms with E-state index in [0.29, 0.717) is 12.8 Å². The third kappa shape index (κ3) is 39.4. The summed E-state index contributed by atoms with van der Waals surface area (Å²) in [5.41, 5.74) is 0. The summed E-state index contributed by atoms with van der Waals surface area (Å²) >= 11 is 0. The molecule has 0 radical (unpaired) electrons. The van der Waals surface area contributed by atoms with Crippen molar-refractivity contribution < 1.29 is 184 Å². The Kier molecular flexibility index (Phi) is 58.3. The van der Waals surface area contributed by atoms with Crippen LogP contribution in [0, 0.1) is 0 Å². The number of unbranched alkanes of at least 4 members (excludes halogenated alkanes) is 30. The average molecular weight is 989 g/mol. The van der Waals surface area contributed by atoms with Gasteiger partial charge in [0, 0.05) is 24.8 Å². The fraction of sp³-hybridized carbons (Fsp3) is 0.909. The van der Waals surface area contributed by atoms with Crippen LogP contribution in [0.25, 0.3) is 0 Å². The molecule has 20 heteroatoms. The standard InChI is InChI=1S/2C22H42O7S.4Na/c2*1-2-3-4-5-6-7-8-9-10-11-12-13-14-15-16-17-18-22(21(25)26,19-20(23)24)30(27,28)29;;;;/h2*2-19H2,1H3,(H,23,24)(H,25,26)(H,27,28,29);;;;/q;;4*+1/p-4. The Morgan fingerprint density at radius 2 is 0.500 bits per heavy atom. The number of aliphatic carboxylic acids is 4. The van der Waals surface area contributed by atoms with Gasteiger partial charge < -0.3 is 39.6 Å². The number of carboxylic acids is 4. The van der Waals surface area contributed by atoms with Gasteiger partial charge in [-0.3, -0.25) is 9.11 Å². The molecule has 64 heavy (non-hydrogen) atoms. The van der Waals surface area contributed by atoms with Crippen LogP contribution in [0.5, 0.6) is 0 Å². The quantitative estimate of drug-likeness (QED) is 0.0328. The first-order valence-electron chi connectivity index (χ1n) is 23.1. The van der Waals surface area contributed by atoms with E-state index in [1.807, 2.05) is 0 Å². The molecule has 0 rings (SSSR count). The smallest absolute Gasteiger partial charge is 0.550 e. The second kappa shape index (κ2) is 48.3. The van der Waals surface area contributed by atoms with Crippen molar-refractivity contribution in [3.63, 3.8) is 0 Å². The first kappa shape index (κ1) is 77.2. The van der Waals surface area contributed by atoms with Gasteiger partial charge in [-0.25, -0.2) is 0 Å². The van der Waals surface area contributed by atoms with Gasteiger partial charge in [-0.2, -0.15) is 16.8 Å². The molecule has 2 N–H and O–H groups in total. The summed E-state index contributed by atoms with van der Waals surface area (Å²) in [5.74, 6) is -7.91. The Hall–Kier alpha value is 1.70. The molecule has 0 saturated carbocycles. The number of carbonyl (C=O) groups is 4. The van der Waals surface area contributed by atoms with Crippen LogP contribution in [0.1, 0.15) is 245 Å². The molecule has 2 atom stereocenters. The van der Waals surface area contributed by atoms with Crippen molar-refractivity contribution in [1.82, 2.24) is 0 Å². The van der Waals surface area contributed by atoms with Crippen LogP contribution in [-0.2, 0) is 39.4 Å². The number of carboxylic acid groups (broad SMARTS) is 4. The molecule has 0 aromatic heterocycles. The second-order valence-electron chi connectivity index (χ2n) is 16.7. The van der Waals surface area contributed by atoms with E-state index in [0.717, 1.165) is 51.4 Å². The van der Waals surface area contributed by atoms with Crippen LogP contribution in [0.3, 0.4) is 0 Å². The van der Waals surface area contributed by atoms with E-state index in [4.69, 9.17) is 0 Å². The molecule has 0 aliphatic heterocycles. The maximum atomic E-state index is 11.5. The molecule has 0 spiro atoms. The van der Waals surface area contributed by atoms with Gasteiger partial charge in [0.25, 0.3) is 20.2 Å². The van der Waals surface area contributed by atoms with Crippen molar-refractivity contribution in [2.75, 3.05) is 0 Å². The van der Waals surface area contributed by atoms with Crippen molar-refractivity contribution in [3.05, 3.63) is 0 Å². The van der Waals surface area contributed by atoms with Gasteiger partial charge in [-0.1, -0.05) is 219 Å². The number of hydrogen-bond donors (Lipinski definition) is 2. The van der Waals surface area contributed by atoms with Crippen LogP contribution < -0.4 is 139 Å². The fourth-order valence-corrected chi connectivity index (χ4v) is 9.39. The van der Waals surface area contributed by atoms with Crippen molar-refractivity contribution in [3.8, 4) is 0 Å². The predicted molar refractivity (Wildman–Crippen MR) is 226 cm³/mol. The van der Waals surface area contributed by atoms with Crippen LogP contribution >= 0.6 is 0 Å². The molecule has 0 heterocycles. The Bertz CT molecular complexity index is 1270. The van der Waals surface area contributed by atoms with E-state index >= 15 is 0 Å². The first-order valence-corrected chi connectivity index (χ1v) is 26.0. The Morgan fingerprint density at radius 3 is 0.625 bits per heavy atom. The minimum absolute atomic E-state index is 0. The van der Waals surface area contributed by atoms with E-state index in [-0.39, 0.29) is 131 Å². The zero-order chi connectivity index (χ0) is 45.8. The van der Waals surface area contributed by atoms with Crippen LogP contribution in [0.15, 0.2) is 0 Å². The third-order valence-electron chi connectivity index (χ3n) is 11.5. The minimum atomic E-state index is -5.12. The summed E-state index contributed by atoms with van der Waals surface area (Å²) in [6, 6.07) is 0. The Balaban J connectivity index is -0.000000247. The van der Waals surface area contributed by atoms with Crippen molar-refractivity contribution >= 4 is 44.1 Å². The Morgan fingerprint density at radius 1 is 0.344 bits per heavy atom. The molecular weight excluding hydrogens is 909 g/mol. The van der Waals surface area contributed by atoms with Crippen molar-refractivity contribution in [2.45, 2.75) is 254 Å². The molecule has 356 valence electrons. The molecule has 2 unspecified atom stereocenters. The third-order valence-corrected chi connectivity index (χ3v) is 14.5. The summed E-state index contributed by atoms with van der Waals surface area (Å²) in [7, 11) is -10.2. The summed E-state index contributed by atoms with van der Waals surface area (Å²) in [6.45, 7) is 4.46. The average Bonchev–Trinajstić information content (AvgIpc) is 3.15. The summed E-state index contributed by atoms with van der Waals surface area (Å²) in [5, 5.41) is 44.0. The summed E-state index contributed by atoms with van der Waals surface area (Å²) in [6.07, 6.45) is 32.0. The number of carbonyl (C=O) groups excluding carboxylic acids is 4. The summed E-state index contributed by atoms with van der Waals surface area (Å²) < 4.78 is 58.7. The van der Waals surface area contributed by atoms with Gasteiger partial charge in [-0.05, 0) is 12.8 Å². The Labute approximate surface area is 476 Å². The van der Waals surface area contributed by atoms with E-state index < -0.39 is 79.3 Å². The second-order valence-corrected chi connectivity index (χ2v) is 20.2. The molecule has 0 amide bonds. The maximum absolute atomic E-state index is 11.5. The topological polar surface area (TPSA) is 269 Å². The SMILES string of the molecule is CCCCCCCCCCCCCCCCCCC(CC(=O)[O-])(C(=O)[O-])S(=O)(=O)O.CCCCCCCCCCCCCCCCCCC(CC(=O)[O-])(C(=O)[O-])S(=O)(=O)O.[Na+].[Na+].[Na+].[Na+]. The van der Waals surface area contributed by atoms with E-state index in [2.05, 4.69) is 13.8 Å². The van der Waals surface area contributed by atoms with Crippen LogP contribution in [0.2, 0.25) is 0 Å². The van der Waals surface area contributed by atoms with E-state index in [1.165, 1.54) is 128 Å². The van der Waals surface area contributed by atoms with Crippen LogP contribution in [-0.4, -0.2) is 59.3 Å². The van der Waals surface area contributed by atoms with Crippen molar-refractivity contribution in [1.29, 1.82) is 0 Å². The molecular formula is C44H80Na4O14S2. The molecule has 0 aliphatic carbocycles. The first-order chi connectivity index (χ1) is 28.3. The van der Waals surface area contributed by atoms with Gasteiger partial charge in [-0.15, -0.1) is 0 Å². The molecule has 0 aromatic carbocycles. The minimum Gasteiger partial charge on any atom is -0.550 e. The monoisotopic (exact) mass is 988 g/mol. The molecule has 0 aliphatic rings. The van der Waals surface area contributed by atoms with Gasteiger partial charge in [0.2, 0.25) is 0 Å². The van der Waals surface area contributed by atoms with Gasteiger partial charge in [0.1, 0.15) is 9.49 Å². The summed E-state index contributed by atoms with van der Waals surface area (Å²) in [4.78, 5) is 44.0. The molecule has 0 fully saturated rings. The molecule has 0 saturated heterocycles. The van der Waals surface area contributed by atoms with E-state index in [9.17, 15) is 65.5 Å².